The quantitative estimate of drug-likeness (QED) is 0.325. The van der Waals surface area contributed by atoms with E-state index in [-0.39, 0.29) is 61.4 Å². The highest BCUT2D eigenvalue weighted by atomic mass is 35.5. The van der Waals surface area contributed by atoms with Gasteiger partial charge >= 0.3 is 0 Å². The molecule has 3 atom stereocenters. The summed E-state index contributed by atoms with van der Waals surface area (Å²) in [6.45, 7) is 5.66. The SMILES string of the molecule is CC(C)(C)NC(=O)C(Cc1ccccc1)N(Cc1ccc(Cl)cc1Cl)C(=O)CCN1C(=O)[C@H]2CC=CC[C@H]2C1=O. The van der Waals surface area contributed by atoms with Crippen molar-refractivity contribution in [1.29, 1.82) is 0 Å². The summed E-state index contributed by atoms with van der Waals surface area (Å²) in [5.41, 5.74) is 0.988. The summed E-state index contributed by atoms with van der Waals surface area (Å²) in [5, 5.41) is 3.85. The van der Waals surface area contributed by atoms with Crippen LogP contribution < -0.4 is 5.32 Å². The van der Waals surface area contributed by atoms with Crippen LogP contribution in [0.5, 0.6) is 0 Å². The van der Waals surface area contributed by atoms with Gasteiger partial charge in [0, 0.05) is 41.5 Å². The van der Waals surface area contributed by atoms with E-state index in [1.54, 1.807) is 18.2 Å². The molecule has 40 heavy (non-hydrogen) atoms. The van der Waals surface area contributed by atoms with Crippen molar-refractivity contribution in [1.82, 2.24) is 15.1 Å². The highest BCUT2D eigenvalue weighted by Gasteiger charge is 2.47. The number of imide groups is 1. The van der Waals surface area contributed by atoms with Gasteiger partial charge in [-0.25, -0.2) is 0 Å². The third-order valence-corrected chi connectivity index (χ3v) is 7.86. The van der Waals surface area contributed by atoms with Crippen LogP contribution in [0.25, 0.3) is 0 Å². The Bertz CT molecular complexity index is 1280. The first kappa shape index (κ1) is 29.8. The molecule has 1 heterocycles. The average molecular weight is 585 g/mol. The van der Waals surface area contributed by atoms with Crippen molar-refractivity contribution in [2.45, 2.75) is 64.6 Å². The van der Waals surface area contributed by atoms with Crippen molar-refractivity contribution in [3.8, 4) is 0 Å². The molecule has 1 saturated heterocycles. The molecule has 1 aliphatic carbocycles. The molecule has 7 nitrogen and oxygen atoms in total. The van der Waals surface area contributed by atoms with Gasteiger partial charge in [-0.3, -0.25) is 24.1 Å². The molecular weight excluding hydrogens is 549 g/mol. The van der Waals surface area contributed by atoms with E-state index in [0.29, 0.717) is 28.5 Å². The topological polar surface area (TPSA) is 86.8 Å². The van der Waals surface area contributed by atoms with Gasteiger partial charge in [-0.15, -0.1) is 0 Å². The standard InChI is InChI=1S/C31H35Cl2N3O4/c1-31(2,3)34-28(38)26(17-20-9-5-4-6-10-20)36(19-21-13-14-22(32)18-25(21)33)27(37)15-16-35-29(39)23-11-7-8-12-24(23)30(35)40/h4-10,13-14,18,23-24,26H,11-12,15-17,19H2,1-3H3,(H,34,38)/t23-,24+,26?. The number of benzene rings is 2. The predicted molar refractivity (Wildman–Crippen MR) is 156 cm³/mol. The van der Waals surface area contributed by atoms with Crippen molar-refractivity contribution < 1.29 is 19.2 Å². The lowest BCUT2D eigenvalue weighted by molar-refractivity contribution is -0.144. The third kappa shape index (κ3) is 7.12. The minimum absolute atomic E-state index is 0.0344. The van der Waals surface area contributed by atoms with Crippen LogP contribution in [0.15, 0.2) is 60.7 Å². The molecule has 1 N–H and O–H groups in total. The Balaban J connectivity index is 1.63. The highest BCUT2D eigenvalue weighted by Crippen LogP contribution is 2.35. The summed E-state index contributed by atoms with van der Waals surface area (Å²) < 4.78 is 0. The van der Waals surface area contributed by atoms with E-state index in [1.807, 2.05) is 63.3 Å². The number of allylic oxidation sites excluding steroid dienone is 2. The monoisotopic (exact) mass is 583 g/mol. The van der Waals surface area contributed by atoms with Crippen LogP contribution in [-0.4, -0.2) is 51.6 Å². The molecule has 0 aromatic heterocycles. The van der Waals surface area contributed by atoms with Gasteiger partial charge in [0.05, 0.1) is 11.8 Å². The van der Waals surface area contributed by atoms with Gasteiger partial charge < -0.3 is 10.2 Å². The van der Waals surface area contributed by atoms with E-state index < -0.39 is 11.6 Å². The maximum absolute atomic E-state index is 13.9. The van der Waals surface area contributed by atoms with Crippen LogP contribution >= 0.6 is 23.2 Å². The molecule has 2 aromatic carbocycles. The van der Waals surface area contributed by atoms with Crippen molar-refractivity contribution in [3.63, 3.8) is 0 Å². The summed E-state index contributed by atoms with van der Waals surface area (Å²) >= 11 is 12.6. The Morgan fingerprint density at radius 1 is 1.00 bits per heavy atom. The van der Waals surface area contributed by atoms with Gasteiger partial charge in [-0.05, 0) is 56.9 Å². The first-order chi connectivity index (χ1) is 18.9. The fraction of sp³-hybridized carbons (Fsp3) is 0.419. The summed E-state index contributed by atoms with van der Waals surface area (Å²) in [6.07, 6.45) is 5.10. The lowest BCUT2D eigenvalue weighted by Crippen LogP contribution is -2.54. The van der Waals surface area contributed by atoms with Crippen LogP contribution in [0.2, 0.25) is 10.0 Å². The Kier molecular flexibility index (Phi) is 9.37. The predicted octanol–water partition coefficient (Wildman–Crippen LogP) is 5.19. The summed E-state index contributed by atoms with van der Waals surface area (Å²) in [5.74, 6) is -1.85. The summed E-state index contributed by atoms with van der Waals surface area (Å²) in [6, 6.07) is 13.6. The van der Waals surface area contributed by atoms with E-state index in [1.165, 1.54) is 9.80 Å². The molecule has 1 unspecified atom stereocenters. The number of fused-ring (bicyclic) bond motifs is 1. The van der Waals surface area contributed by atoms with Crippen LogP contribution in [0.4, 0.5) is 0 Å². The number of halogens is 2. The number of rotatable bonds is 9. The molecule has 0 radical (unpaired) electrons. The second kappa shape index (κ2) is 12.6. The highest BCUT2D eigenvalue weighted by molar-refractivity contribution is 6.35. The fourth-order valence-corrected chi connectivity index (χ4v) is 5.75. The molecule has 1 aliphatic heterocycles. The number of carbonyl (C=O) groups excluding carboxylic acids is 4. The van der Waals surface area contributed by atoms with Gasteiger partial charge in [-0.2, -0.15) is 0 Å². The van der Waals surface area contributed by atoms with Gasteiger partial charge in [0.25, 0.3) is 0 Å². The van der Waals surface area contributed by atoms with Crippen molar-refractivity contribution in [2.75, 3.05) is 6.54 Å². The van der Waals surface area contributed by atoms with Crippen molar-refractivity contribution >= 4 is 46.8 Å². The molecular formula is C31H35Cl2N3O4. The molecule has 2 aliphatic rings. The zero-order valence-electron chi connectivity index (χ0n) is 23.0. The minimum Gasteiger partial charge on any atom is -0.350 e. The second-order valence-corrected chi connectivity index (χ2v) is 12.3. The largest absolute Gasteiger partial charge is 0.350 e. The van der Waals surface area contributed by atoms with Crippen molar-refractivity contribution in [2.24, 2.45) is 11.8 Å². The lowest BCUT2D eigenvalue weighted by atomic mass is 9.85. The molecule has 0 saturated carbocycles. The van der Waals surface area contributed by atoms with E-state index in [2.05, 4.69) is 5.32 Å². The van der Waals surface area contributed by atoms with E-state index in [4.69, 9.17) is 23.2 Å². The Morgan fingerprint density at radius 2 is 1.62 bits per heavy atom. The molecule has 0 bridgehead atoms. The Labute approximate surface area is 245 Å². The molecule has 212 valence electrons. The molecule has 4 amide bonds. The number of carbonyl (C=O) groups is 4. The maximum atomic E-state index is 13.9. The first-order valence-corrected chi connectivity index (χ1v) is 14.3. The van der Waals surface area contributed by atoms with Crippen LogP contribution in [0, 0.1) is 11.8 Å². The van der Waals surface area contributed by atoms with E-state index in [0.717, 1.165) is 5.56 Å². The lowest BCUT2D eigenvalue weighted by Gasteiger charge is -2.34. The Morgan fingerprint density at radius 3 is 2.20 bits per heavy atom. The zero-order chi connectivity index (χ0) is 29.0. The molecule has 4 rings (SSSR count). The van der Waals surface area contributed by atoms with Gasteiger partial charge in [0.1, 0.15) is 6.04 Å². The molecule has 0 spiro atoms. The number of nitrogens with one attached hydrogen (secondary N) is 1. The second-order valence-electron chi connectivity index (χ2n) is 11.4. The smallest absolute Gasteiger partial charge is 0.243 e. The average Bonchev–Trinajstić information content (AvgIpc) is 3.14. The van der Waals surface area contributed by atoms with Crippen LogP contribution in [-0.2, 0) is 32.1 Å². The first-order valence-electron chi connectivity index (χ1n) is 13.5. The van der Waals surface area contributed by atoms with Crippen LogP contribution in [0.3, 0.4) is 0 Å². The van der Waals surface area contributed by atoms with Gasteiger partial charge in [0.15, 0.2) is 0 Å². The van der Waals surface area contributed by atoms with E-state index in [9.17, 15) is 19.2 Å². The minimum atomic E-state index is -0.863. The summed E-state index contributed by atoms with van der Waals surface area (Å²) in [7, 11) is 0. The zero-order valence-corrected chi connectivity index (χ0v) is 24.5. The number of nitrogens with zero attached hydrogens (tertiary/aromatic N) is 2. The van der Waals surface area contributed by atoms with Crippen LogP contribution in [0.1, 0.15) is 51.2 Å². The number of hydrogen-bond acceptors (Lipinski definition) is 4. The number of amides is 4. The van der Waals surface area contributed by atoms with Gasteiger partial charge in [-0.1, -0.05) is 71.8 Å². The normalized spacial score (nSPS) is 19.4. The fourth-order valence-electron chi connectivity index (χ4n) is 5.28. The molecule has 9 heteroatoms. The van der Waals surface area contributed by atoms with E-state index >= 15 is 0 Å². The van der Waals surface area contributed by atoms with Crippen molar-refractivity contribution in [3.05, 3.63) is 81.9 Å². The number of likely N-dealkylation sites (tertiary alicyclic amines) is 1. The molecule has 1 fully saturated rings. The number of hydrogen-bond donors (Lipinski definition) is 1. The summed E-state index contributed by atoms with van der Waals surface area (Å²) in [4.78, 5) is 56.3. The van der Waals surface area contributed by atoms with Gasteiger partial charge in [0.2, 0.25) is 23.6 Å². The Hall–Kier alpha value is -3.16. The maximum Gasteiger partial charge on any atom is 0.243 e. The third-order valence-electron chi connectivity index (χ3n) is 7.27. The molecule has 2 aromatic rings.